The lowest BCUT2D eigenvalue weighted by Gasteiger charge is -2.03. The summed E-state index contributed by atoms with van der Waals surface area (Å²) in [5, 5.41) is 0.613. The summed E-state index contributed by atoms with van der Waals surface area (Å²) < 4.78 is 10.0. The molecule has 2 aromatic rings. The third-order valence-corrected chi connectivity index (χ3v) is 2.11. The number of carbonyl (C=O) groups is 1. The van der Waals surface area contributed by atoms with E-state index >= 15 is 0 Å². The first-order chi connectivity index (χ1) is 7.26. The molecule has 1 heterocycles. The van der Waals surface area contributed by atoms with Crippen LogP contribution in [0.3, 0.4) is 0 Å². The number of hydrogen-bond acceptors (Lipinski definition) is 4. The topological polar surface area (TPSA) is 56.5 Å². The Balaban J connectivity index is 2.87. The average Bonchev–Trinajstić information content (AvgIpc) is 2.27. The van der Waals surface area contributed by atoms with Gasteiger partial charge < -0.3 is 9.15 Å². The van der Waals surface area contributed by atoms with Crippen LogP contribution in [0.25, 0.3) is 11.0 Å². The second-order valence-electron chi connectivity index (χ2n) is 2.98. The molecule has 4 heteroatoms. The van der Waals surface area contributed by atoms with Gasteiger partial charge >= 0.3 is 5.63 Å². The summed E-state index contributed by atoms with van der Waals surface area (Å²) in [5.74, 6) is 0.569. The molecule has 0 saturated carbocycles. The summed E-state index contributed by atoms with van der Waals surface area (Å²) >= 11 is 0. The van der Waals surface area contributed by atoms with Crippen molar-refractivity contribution in [2.45, 2.75) is 0 Å². The Labute approximate surface area is 85.1 Å². The summed E-state index contributed by atoms with van der Waals surface area (Å²) in [6.07, 6.45) is 0.470. The van der Waals surface area contributed by atoms with Crippen molar-refractivity contribution in [3.05, 3.63) is 40.2 Å². The van der Waals surface area contributed by atoms with E-state index < -0.39 is 5.63 Å². The van der Waals surface area contributed by atoms with Gasteiger partial charge in [-0.05, 0) is 18.2 Å². The minimum Gasteiger partial charge on any atom is -0.496 e. The van der Waals surface area contributed by atoms with Gasteiger partial charge in [0, 0.05) is 0 Å². The fourth-order valence-electron chi connectivity index (χ4n) is 1.39. The second kappa shape index (κ2) is 3.57. The Hall–Kier alpha value is -2.10. The van der Waals surface area contributed by atoms with Gasteiger partial charge in [-0.3, -0.25) is 4.79 Å². The van der Waals surface area contributed by atoms with Gasteiger partial charge in [0.05, 0.1) is 12.5 Å². The number of methoxy groups -OCH3 is 1. The lowest BCUT2D eigenvalue weighted by molar-refractivity contribution is 0.112. The lowest BCUT2D eigenvalue weighted by atomic mass is 10.2. The van der Waals surface area contributed by atoms with E-state index in [9.17, 15) is 9.59 Å². The molecule has 0 atom stereocenters. The molecule has 0 aliphatic carbocycles. The monoisotopic (exact) mass is 204 g/mol. The van der Waals surface area contributed by atoms with Crippen LogP contribution in [0.5, 0.6) is 5.75 Å². The van der Waals surface area contributed by atoms with Crippen molar-refractivity contribution in [2.75, 3.05) is 7.11 Å². The molecule has 0 spiro atoms. The van der Waals surface area contributed by atoms with Gasteiger partial charge in [-0.25, -0.2) is 4.79 Å². The van der Waals surface area contributed by atoms with Crippen molar-refractivity contribution < 1.29 is 13.9 Å². The van der Waals surface area contributed by atoms with E-state index in [0.717, 1.165) is 0 Å². The summed E-state index contributed by atoms with van der Waals surface area (Å²) in [4.78, 5) is 21.8. The largest absolute Gasteiger partial charge is 0.496 e. The Kier molecular flexibility index (Phi) is 2.25. The first-order valence-corrected chi connectivity index (χ1v) is 4.32. The Bertz CT molecular complexity index is 568. The molecule has 0 N–H and O–H groups in total. The number of carbonyl (C=O) groups excluding carboxylic acids is 1. The fourth-order valence-corrected chi connectivity index (χ4v) is 1.39. The minimum atomic E-state index is -0.634. The standard InChI is InChI=1S/C11H8O4/c1-14-9-3-2-4-10-8(9)5-7(6-12)11(13)15-10/h2-6H,1H3. The van der Waals surface area contributed by atoms with Crippen LogP contribution >= 0.6 is 0 Å². The molecule has 0 saturated heterocycles. The SMILES string of the molecule is COc1cccc2oc(=O)c(C=O)cc12. The number of fused-ring (bicyclic) bond motifs is 1. The average molecular weight is 204 g/mol. The zero-order chi connectivity index (χ0) is 10.8. The Morgan fingerprint density at radius 3 is 2.87 bits per heavy atom. The number of benzene rings is 1. The van der Waals surface area contributed by atoms with Crippen LogP contribution in [0, 0.1) is 0 Å². The van der Waals surface area contributed by atoms with E-state index in [-0.39, 0.29) is 5.56 Å². The first-order valence-electron chi connectivity index (χ1n) is 4.32. The summed E-state index contributed by atoms with van der Waals surface area (Å²) in [7, 11) is 1.51. The quantitative estimate of drug-likeness (QED) is 0.551. The maximum atomic E-state index is 11.2. The molecule has 1 aromatic heterocycles. The molecule has 0 aliphatic heterocycles. The van der Waals surface area contributed by atoms with E-state index in [0.29, 0.717) is 23.0 Å². The maximum absolute atomic E-state index is 11.2. The molecular weight excluding hydrogens is 196 g/mol. The van der Waals surface area contributed by atoms with Crippen molar-refractivity contribution in [3.8, 4) is 5.75 Å². The number of aldehydes is 1. The number of hydrogen-bond donors (Lipinski definition) is 0. The van der Waals surface area contributed by atoms with E-state index in [2.05, 4.69) is 0 Å². The van der Waals surface area contributed by atoms with Gasteiger partial charge in [0.2, 0.25) is 0 Å². The van der Waals surface area contributed by atoms with Crippen molar-refractivity contribution in [1.82, 2.24) is 0 Å². The minimum absolute atomic E-state index is 0.00741. The van der Waals surface area contributed by atoms with Crippen molar-refractivity contribution >= 4 is 17.3 Å². The molecule has 0 amide bonds. The lowest BCUT2D eigenvalue weighted by Crippen LogP contribution is -2.05. The smallest absolute Gasteiger partial charge is 0.346 e. The van der Waals surface area contributed by atoms with Crippen molar-refractivity contribution in [3.63, 3.8) is 0 Å². The van der Waals surface area contributed by atoms with E-state index in [1.165, 1.54) is 13.2 Å². The van der Waals surface area contributed by atoms with Gasteiger partial charge in [-0.1, -0.05) is 6.07 Å². The normalized spacial score (nSPS) is 10.2. The Morgan fingerprint density at radius 1 is 1.40 bits per heavy atom. The van der Waals surface area contributed by atoms with Gasteiger partial charge in [0.15, 0.2) is 6.29 Å². The van der Waals surface area contributed by atoms with Gasteiger partial charge in [0.25, 0.3) is 0 Å². The van der Waals surface area contributed by atoms with Crippen LogP contribution in [-0.2, 0) is 0 Å². The van der Waals surface area contributed by atoms with Crippen molar-refractivity contribution in [1.29, 1.82) is 0 Å². The summed E-state index contributed by atoms with van der Waals surface area (Å²) in [6.45, 7) is 0. The van der Waals surface area contributed by atoms with E-state index in [1.807, 2.05) is 0 Å². The molecular formula is C11H8O4. The van der Waals surface area contributed by atoms with Crippen LogP contribution in [0.1, 0.15) is 10.4 Å². The van der Waals surface area contributed by atoms with Crippen molar-refractivity contribution in [2.24, 2.45) is 0 Å². The maximum Gasteiger partial charge on any atom is 0.346 e. The van der Waals surface area contributed by atoms with Gasteiger partial charge in [-0.15, -0.1) is 0 Å². The van der Waals surface area contributed by atoms with Crippen LogP contribution in [0.15, 0.2) is 33.5 Å². The van der Waals surface area contributed by atoms with Crippen LogP contribution < -0.4 is 10.4 Å². The fraction of sp³-hybridized carbons (Fsp3) is 0.0909. The predicted octanol–water partition coefficient (Wildman–Crippen LogP) is 1.61. The highest BCUT2D eigenvalue weighted by atomic mass is 16.5. The highest BCUT2D eigenvalue weighted by Crippen LogP contribution is 2.24. The predicted molar refractivity (Wildman–Crippen MR) is 54.4 cm³/mol. The highest BCUT2D eigenvalue weighted by Gasteiger charge is 2.07. The molecule has 0 bridgehead atoms. The molecule has 0 fully saturated rings. The van der Waals surface area contributed by atoms with Crippen LogP contribution in [0.4, 0.5) is 0 Å². The molecule has 0 unspecified atom stereocenters. The summed E-state index contributed by atoms with van der Waals surface area (Å²) in [5.41, 5.74) is -0.234. The third-order valence-electron chi connectivity index (χ3n) is 2.11. The first kappa shape index (κ1) is 9.45. The Morgan fingerprint density at radius 2 is 2.20 bits per heavy atom. The number of rotatable bonds is 2. The van der Waals surface area contributed by atoms with Crippen LogP contribution in [0.2, 0.25) is 0 Å². The molecule has 4 nitrogen and oxygen atoms in total. The van der Waals surface area contributed by atoms with Gasteiger partial charge in [-0.2, -0.15) is 0 Å². The zero-order valence-electron chi connectivity index (χ0n) is 8.02. The molecule has 1 aromatic carbocycles. The summed E-state index contributed by atoms with van der Waals surface area (Å²) in [6, 6.07) is 6.56. The molecule has 15 heavy (non-hydrogen) atoms. The van der Waals surface area contributed by atoms with E-state index in [4.69, 9.17) is 9.15 Å². The third kappa shape index (κ3) is 1.50. The zero-order valence-corrected chi connectivity index (χ0v) is 8.02. The second-order valence-corrected chi connectivity index (χ2v) is 2.98. The molecule has 0 aliphatic rings. The highest BCUT2D eigenvalue weighted by molar-refractivity contribution is 5.88. The molecule has 76 valence electrons. The molecule has 2 rings (SSSR count). The van der Waals surface area contributed by atoms with E-state index in [1.54, 1.807) is 18.2 Å². The van der Waals surface area contributed by atoms with Crippen LogP contribution in [-0.4, -0.2) is 13.4 Å². The number of ether oxygens (including phenoxy) is 1. The molecule has 0 radical (unpaired) electrons. The van der Waals surface area contributed by atoms with Gasteiger partial charge in [0.1, 0.15) is 16.9 Å².